The van der Waals surface area contributed by atoms with Crippen molar-refractivity contribution >= 4 is 28.8 Å². The van der Waals surface area contributed by atoms with Crippen LogP contribution in [0.15, 0.2) is 30.5 Å². The van der Waals surface area contributed by atoms with E-state index in [0.29, 0.717) is 9.21 Å². The minimum absolute atomic E-state index is 0.120. The predicted octanol–water partition coefficient (Wildman–Crippen LogP) is 3.77. The highest BCUT2D eigenvalue weighted by Crippen LogP contribution is 2.27. The fourth-order valence-electron chi connectivity index (χ4n) is 1.81. The molecule has 0 saturated heterocycles. The van der Waals surface area contributed by atoms with Crippen molar-refractivity contribution in [3.8, 4) is 0 Å². The van der Waals surface area contributed by atoms with Gasteiger partial charge in [-0.05, 0) is 44.5 Å². The molecule has 2 heterocycles. The Bertz CT molecular complexity index is 593. The van der Waals surface area contributed by atoms with E-state index in [9.17, 15) is 4.79 Å². The fraction of sp³-hybridized carbons (Fsp3) is 0.286. The van der Waals surface area contributed by atoms with Crippen LogP contribution < -0.4 is 5.32 Å². The van der Waals surface area contributed by atoms with Crippen LogP contribution in [0.3, 0.4) is 0 Å². The summed E-state index contributed by atoms with van der Waals surface area (Å²) in [5, 5.41) is 2.99. The molecule has 0 spiro atoms. The second-order valence-electron chi connectivity index (χ2n) is 4.86. The molecular formula is C14H15ClN2OS. The average molecular weight is 295 g/mol. The normalized spacial score (nSPS) is 11.4. The number of nitrogens with zero attached hydrogens (tertiary/aromatic N) is 1. The molecule has 1 N–H and O–H groups in total. The van der Waals surface area contributed by atoms with Gasteiger partial charge >= 0.3 is 0 Å². The summed E-state index contributed by atoms with van der Waals surface area (Å²) < 4.78 is 0.623. The summed E-state index contributed by atoms with van der Waals surface area (Å²) >= 11 is 7.22. The van der Waals surface area contributed by atoms with Gasteiger partial charge in [0.05, 0.1) is 20.4 Å². The van der Waals surface area contributed by atoms with E-state index in [-0.39, 0.29) is 5.91 Å². The van der Waals surface area contributed by atoms with Crippen LogP contribution in [0.1, 0.15) is 34.8 Å². The van der Waals surface area contributed by atoms with E-state index in [2.05, 4.69) is 10.3 Å². The van der Waals surface area contributed by atoms with E-state index in [1.165, 1.54) is 11.3 Å². The third-order valence-corrected chi connectivity index (χ3v) is 4.19. The first kappa shape index (κ1) is 14.0. The van der Waals surface area contributed by atoms with Gasteiger partial charge in [0.15, 0.2) is 0 Å². The lowest BCUT2D eigenvalue weighted by Crippen LogP contribution is -2.41. The summed E-state index contributed by atoms with van der Waals surface area (Å²) in [7, 11) is 0. The van der Waals surface area contributed by atoms with Gasteiger partial charge in [-0.3, -0.25) is 9.78 Å². The standard InChI is InChI=1S/C14H15ClN2OS/c1-9-8-11(15)19-12(9)13(18)17-14(2,3)10-6-4-5-7-16-10/h4-8H,1-3H3,(H,17,18). The molecule has 0 unspecified atom stereocenters. The SMILES string of the molecule is Cc1cc(Cl)sc1C(=O)NC(C)(C)c1ccccn1. The second kappa shape index (κ2) is 5.31. The molecule has 0 fully saturated rings. The highest BCUT2D eigenvalue weighted by atomic mass is 35.5. The molecule has 0 radical (unpaired) electrons. The molecule has 5 heteroatoms. The third-order valence-electron chi connectivity index (χ3n) is 2.83. The molecule has 100 valence electrons. The number of amides is 1. The third kappa shape index (κ3) is 3.14. The fourth-order valence-corrected chi connectivity index (χ4v) is 3.00. The van der Waals surface area contributed by atoms with Crippen molar-refractivity contribution in [2.24, 2.45) is 0 Å². The molecule has 0 bridgehead atoms. The van der Waals surface area contributed by atoms with Gasteiger partial charge in [0.2, 0.25) is 0 Å². The van der Waals surface area contributed by atoms with E-state index in [0.717, 1.165) is 11.3 Å². The monoisotopic (exact) mass is 294 g/mol. The smallest absolute Gasteiger partial charge is 0.262 e. The van der Waals surface area contributed by atoms with Gasteiger partial charge in [-0.25, -0.2) is 0 Å². The van der Waals surface area contributed by atoms with Gasteiger partial charge < -0.3 is 5.32 Å². The van der Waals surface area contributed by atoms with Crippen LogP contribution in [0.5, 0.6) is 0 Å². The van der Waals surface area contributed by atoms with Crippen LogP contribution in [0.2, 0.25) is 4.34 Å². The molecular weight excluding hydrogens is 280 g/mol. The van der Waals surface area contributed by atoms with E-state index < -0.39 is 5.54 Å². The van der Waals surface area contributed by atoms with Crippen molar-refractivity contribution in [3.05, 3.63) is 50.9 Å². The Morgan fingerprint density at radius 3 is 2.68 bits per heavy atom. The highest BCUT2D eigenvalue weighted by molar-refractivity contribution is 7.18. The lowest BCUT2D eigenvalue weighted by Gasteiger charge is -2.25. The summed E-state index contributed by atoms with van der Waals surface area (Å²) in [6.45, 7) is 5.74. The summed E-state index contributed by atoms with van der Waals surface area (Å²) in [5.74, 6) is -0.120. The maximum atomic E-state index is 12.3. The molecule has 0 aromatic carbocycles. The number of nitrogens with one attached hydrogen (secondary N) is 1. The first-order chi connectivity index (χ1) is 8.90. The van der Waals surface area contributed by atoms with Crippen LogP contribution in [0, 0.1) is 6.92 Å². The van der Waals surface area contributed by atoms with Gasteiger partial charge in [-0.2, -0.15) is 0 Å². The molecule has 0 aliphatic rings. The summed E-state index contributed by atoms with van der Waals surface area (Å²) in [6, 6.07) is 7.46. The first-order valence-electron chi connectivity index (χ1n) is 5.90. The number of thiophene rings is 1. The zero-order valence-electron chi connectivity index (χ0n) is 11.0. The van der Waals surface area contributed by atoms with Gasteiger partial charge in [0.1, 0.15) is 0 Å². The van der Waals surface area contributed by atoms with Gasteiger partial charge in [0, 0.05) is 6.20 Å². The Morgan fingerprint density at radius 2 is 2.16 bits per heavy atom. The zero-order chi connectivity index (χ0) is 14.0. The van der Waals surface area contributed by atoms with Crippen LogP contribution >= 0.6 is 22.9 Å². The van der Waals surface area contributed by atoms with Crippen molar-refractivity contribution in [2.45, 2.75) is 26.3 Å². The minimum atomic E-state index is -0.527. The van der Waals surface area contributed by atoms with E-state index in [4.69, 9.17) is 11.6 Å². The van der Waals surface area contributed by atoms with Gasteiger partial charge in [-0.1, -0.05) is 17.7 Å². The summed E-state index contributed by atoms with van der Waals surface area (Å²) in [6.07, 6.45) is 1.72. The van der Waals surface area contributed by atoms with Crippen molar-refractivity contribution in [1.82, 2.24) is 10.3 Å². The Balaban J connectivity index is 2.21. The van der Waals surface area contributed by atoms with Gasteiger partial charge in [0.25, 0.3) is 5.91 Å². The summed E-state index contributed by atoms with van der Waals surface area (Å²) in [4.78, 5) is 17.2. The maximum absolute atomic E-state index is 12.3. The van der Waals surface area contributed by atoms with Crippen molar-refractivity contribution in [3.63, 3.8) is 0 Å². The van der Waals surface area contributed by atoms with E-state index in [1.54, 1.807) is 12.3 Å². The number of hydrogen-bond donors (Lipinski definition) is 1. The number of pyridine rings is 1. The minimum Gasteiger partial charge on any atom is -0.341 e. The Labute approximate surface area is 121 Å². The largest absolute Gasteiger partial charge is 0.341 e. The topological polar surface area (TPSA) is 42.0 Å². The molecule has 2 rings (SSSR count). The Hall–Kier alpha value is -1.39. The average Bonchev–Trinajstić information content (AvgIpc) is 2.69. The number of hydrogen-bond acceptors (Lipinski definition) is 3. The number of halogens is 1. The van der Waals surface area contributed by atoms with Crippen molar-refractivity contribution < 1.29 is 4.79 Å². The molecule has 1 amide bonds. The molecule has 0 atom stereocenters. The number of rotatable bonds is 3. The maximum Gasteiger partial charge on any atom is 0.262 e. The van der Waals surface area contributed by atoms with Crippen molar-refractivity contribution in [2.75, 3.05) is 0 Å². The number of carbonyl (C=O) groups excluding carboxylic acids is 1. The summed E-state index contributed by atoms with van der Waals surface area (Å²) in [5.41, 5.74) is 1.19. The second-order valence-corrected chi connectivity index (χ2v) is 6.54. The lowest BCUT2D eigenvalue weighted by molar-refractivity contribution is 0.0914. The van der Waals surface area contributed by atoms with E-state index in [1.807, 2.05) is 39.0 Å². The lowest BCUT2D eigenvalue weighted by atomic mass is 9.99. The Morgan fingerprint density at radius 1 is 1.42 bits per heavy atom. The van der Waals surface area contributed by atoms with Crippen LogP contribution in [0.25, 0.3) is 0 Å². The first-order valence-corrected chi connectivity index (χ1v) is 7.09. The highest BCUT2D eigenvalue weighted by Gasteiger charge is 2.26. The molecule has 0 aliphatic carbocycles. The van der Waals surface area contributed by atoms with Gasteiger partial charge in [-0.15, -0.1) is 11.3 Å². The molecule has 0 saturated carbocycles. The molecule has 2 aromatic rings. The quantitative estimate of drug-likeness (QED) is 0.936. The predicted molar refractivity (Wildman–Crippen MR) is 78.8 cm³/mol. The number of carbonyl (C=O) groups is 1. The molecule has 3 nitrogen and oxygen atoms in total. The van der Waals surface area contributed by atoms with Crippen molar-refractivity contribution in [1.29, 1.82) is 0 Å². The molecule has 19 heavy (non-hydrogen) atoms. The number of aryl methyl sites for hydroxylation is 1. The molecule has 2 aromatic heterocycles. The molecule has 0 aliphatic heterocycles. The Kier molecular flexibility index (Phi) is 3.92. The van der Waals surface area contributed by atoms with Crippen LogP contribution in [-0.2, 0) is 5.54 Å². The number of aromatic nitrogens is 1. The van der Waals surface area contributed by atoms with Crippen LogP contribution in [0.4, 0.5) is 0 Å². The van der Waals surface area contributed by atoms with E-state index >= 15 is 0 Å². The van der Waals surface area contributed by atoms with Crippen LogP contribution in [-0.4, -0.2) is 10.9 Å². The zero-order valence-corrected chi connectivity index (χ0v) is 12.6.